The second-order valence-corrected chi connectivity index (χ2v) is 11.9. The maximum Gasteiger partial charge on any atom is 0.409 e. The molecule has 42 heavy (non-hydrogen) atoms. The first-order valence-corrected chi connectivity index (χ1v) is 15.7. The molecular formula is C27H37N6O8P. The molecule has 228 valence electrons. The highest BCUT2D eigenvalue weighted by molar-refractivity contribution is 7.51. The number of aromatic nitrogens is 2. The van der Waals surface area contributed by atoms with Crippen molar-refractivity contribution >= 4 is 31.3 Å². The Morgan fingerprint density at radius 3 is 2.38 bits per heavy atom. The summed E-state index contributed by atoms with van der Waals surface area (Å²) in [6, 6.07) is 9.50. The molecule has 2 atom stereocenters. The van der Waals surface area contributed by atoms with Crippen molar-refractivity contribution in [2.75, 3.05) is 64.0 Å². The second kappa shape index (κ2) is 14.1. The van der Waals surface area contributed by atoms with Gasteiger partial charge in [-0.05, 0) is 19.8 Å². The Morgan fingerprint density at radius 1 is 1.07 bits per heavy atom. The maximum atomic E-state index is 13.6. The summed E-state index contributed by atoms with van der Waals surface area (Å²) in [5.74, 6) is -0.318. The summed E-state index contributed by atoms with van der Waals surface area (Å²) in [6.07, 6.45) is -0.525. The highest BCUT2D eigenvalue weighted by atomic mass is 31.2. The first-order valence-electron chi connectivity index (χ1n) is 13.9. The van der Waals surface area contributed by atoms with Crippen LogP contribution >= 0.6 is 7.60 Å². The average Bonchev–Trinajstić information content (AvgIpc) is 3.48. The molecule has 2 unspecified atom stereocenters. The summed E-state index contributed by atoms with van der Waals surface area (Å²) in [5, 5.41) is 2.66. The second-order valence-electron chi connectivity index (χ2n) is 10.1. The highest BCUT2D eigenvalue weighted by Gasteiger charge is 2.33. The standard InChI is InChI=1S/C27H37N6O8P/c1-3-41-27(36)32-14-12-31(13-15-32)26(35)21(10-16-42(37,38)39)29-25(34)22-17-23(33-11-9-20(18-33)40-2)30-24(28-22)19-7-5-4-6-8-19/h4-8,17,20-21H,3,9-16,18H2,1-2H3,(H,29,34)(H2,37,38,39). The Balaban J connectivity index is 1.56. The maximum absolute atomic E-state index is 13.6. The lowest BCUT2D eigenvalue weighted by Crippen LogP contribution is -2.56. The lowest BCUT2D eigenvalue weighted by molar-refractivity contribution is -0.134. The van der Waals surface area contributed by atoms with Crippen molar-refractivity contribution in [1.29, 1.82) is 0 Å². The molecule has 2 aliphatic rings. The molecular weight excluding hydrogens is 567 g/mol. The van der Waals surface area contributed by atoms with Crippen molar-refractivity contribution in [2.24, 2.45) is 0 Å². The molecule has 15 heteroatoms. The van der Waals surface area contributed by atoms with Gasteiger partial charge in [0.1, 0.15) is 17.6 Å². The number of amides is 3. The van der Waals surface area contributed by atoms with E-state index in [4.69, 9.17) is 9.47 Å². The summed E-state index contributed by atoms with van der Waals surface area (Å²) in [6.45, 7) is 4.04. The van der Waals surface area contributed by atoms with Crippen LogP contribution in [0.3, 0.4) is 0 Å². The molecule has 0 spiro atoms. The van der Waals surface area contributed by atoms with Gasteiger partial charge in [0.25, 0.3) is 5.91 Å². The van der Waals surface area contributed by atoms with Gasteiger partial charge in [0.05, 0.1) is 18.9 Å². The Hall–Kier alpha value is -3.58. The number of ether oxygens (including phenoxy) is 2. The van der Waals surface area contributed by atoms with Crippen molar-refractivity contribution in [3.05, 3.63) is 42.1 Å². The molecule has 2 aromatic rings. The van der Waals surface area contributed by atoms with Gasteiger partial charge in [-0.15, -0.1) is 0 Å². The Kier molecular flexibility index (Phi) is 10.5. The number of methoxy groups -OCH3 is 1. The fourth-order valence-electron chi connectivity index (χ4n) is 4.89. The predicted octanol–water partition coefficient (Wildman–Crippen LogP) is 1.34. The highest BCUT2D eigenvalue weighted by Crippen LogP contribution is 2.35. The first kappa shape index (κ1) is 31.4. The number of carbonyl (C=O) groups excluding carboxylic acids is 3. The van der Waals surface area contributed by atoms with E-state index in [2.05, 4.69) is 15.3 Å². The predicted molar refractivity (Wildman–Crippen MR) is 153 cm³/mol. The lowest BCUT2D eigenvalue weighted by Gasteiger charge is -2.36. The number of hydrogen-bond acceptors (Lipinski definition) is 9. The lowest BCUT2D eigenvalue weighted by atomic mass is 10.1. The van der Waals surface area contributed by atoms with Crippen molar-refractivity contribution in [2.45, 2.75) is 31.9 Å². The number of benzene rings is 1. The van der Waals surface area contributed by atoms with Crippen LogP contribution in [0.15, 0.2) is 36.4 Å². The third-order valence-electron chi connectivity index (χ3n) is 7.21. The van der Waals surface area contributed by atoms with Crippen LogP contribution in [-0.2, 0) is 18.8 Å². The normalized spacial score (nSPS) is 18.1. The van der Waals surface area contributed by atoms with Gasteiger partial charge in [0.2, 0.25) is 5.91 Å². The molecule has 1 aromatic carbocycles. The van der Waals surface area contributed by atoms with Crippen LogP contribution in [0.5, 0.6) is 0 Å². The van der Waals surface area contributed by atoms with E-state index in [1.165, 1.54) is 9.80 Å². The monoisotopic (exact) mass is 604 g/mol. The number of piperazine rings is 1. The fourth-order valence-corrected chi connectivity index (χ4v) is 5.48. The van der Waals surface area contributed by atoms with Crippen LogP contribution in [0.25, 0.3) is 11.4 Å². The minimum atomic E-state index is -4.46. The molecule has 4 rings (SSSR count). The van der Waals surface area contributed by atoms with E-state index in [1.807, 2.05) is 35.2 Å². The van der Waals surface area contributed by atoms with Gasteiger partial charge < -0.3 is 39.3 Å². The van der Waals surface area contributed by atoms with E-state index in [0.29, 0.717) is 30.3 Å². The SMILES string of the molecule is CCOC(=O)N1CCN(C(=O)C(CCP(=O)(O)O)NC(=O)c2cc(N3CCC(OC)C3)nc(-c3ccccc3)n2)CC1. The van der Waals surface area contributed by atoms with Crippen LogP contribution in [0.1, 0.15) is 30.3 Å². The van der Waals surface area contributed by atoms with Crippen LogP contribution in [0.4, 0.5) is 10.6 Å². The number of anilines is 1. The van der Waals surface area contributed by atoms with Crippen LogP contribution < -0.4 is 10.2 Å². The number of carbonyl (C=O) groups is 3. The van der Waals surface area contributed by atoms with Gasteiger partial charge in [-0.1, -0.05) is 30.3 Å². The summed E-state index contributed by atoms with van der Waals surface area (Å²) < 4.78 is 22.2. The molecule has 3 heterocycles. The molecule has 0 bridgehead atoms. The largest absolute Gasteiger partial charge is 0.450 e. The van der Waals surface area contributed by atoms with Crippen molar-refractivity contribution in [3.63, 3.8) is 0 Å². The van der Waals surface area contributed by atoms with Gasteiger partial charge in [-0.25, -0.2) is 14.8 Å². The first-order chi connectivity index (χ1) is 20.1. The van der Waals surface area contributed by atoms with Gasteiger partial charge in [0.15, 0.2) is 5.82 Å². The molecule has 0 aliphatic carbocycles. The van der Waals surface area contributed by atoms with E-state index in [0.717, 1.165) is 6.42 Å². The molecule has 0 saturated carbocycles. The van der Waals surface area contributed by atoms with E-state index < -0.39 is 37.7 Å². The van der Waals surface area contributed by atoms with Crippen LogP contribution in [0.2, 0.25) is 0 Å². The van der Waals surface area contributed by atoms with Gasteiger partial charge in [-0.2, -0.15) is 0 Å². The molecule has 0 radical (unpaired) electrons. The number of nitrogens with zero attached hydrogens (tertiary/aromatic N) is 5. The van der Waals surface area contributed by atoms with Gasteiger partial charge in [-0.3, -0.25) is 14.2 Å². The van der Waals surface area contributed by atoms with E-state index in [1.54, 1.807) is 20.1 Å². The van der Waals surface area contributed by atoms with Crippen molar-refractivity contribution < 1.29 is 38.2 Å². The van der Waals surface area contributed by atoms with Crippen LogP contribution in [-0.4, -0.2) is 119 Å². The quantitative estimate of drug-likeness (QED) is 0.334. The van der Waals surface area contributed by atoms with Crippen molar-refractivity contribution in [1.82, 2.24) is 25.1 Å². The number of nitrogens with one attached hydrogen (secondary N) is 1. The van der Waals surface area contributed by atoms with E-state index >= 15 is 0 Å². The molecule has 2 fully saturated rings. The Bertz CT molecular complexity index is 1300. The number of rotatable bonds is 10. The number of hydrogen-bond donors (Lipinski definition) is 3. The fraction of sp³-hybridized carbons (Fsp3) is 0.519. The zero-order valence-electron chi connectivity index (χ0n) is 23.7. The summed E-state index contributed by atoms with van der Waals surface area (Å²) in [7, 11) is -2.81. The molecule has 14 nitrogen and oxygen atoms in total. The molecule has 2 saturated heterocycles. The van der Waals surface area contributed by atoms with Crippen molar-refractivity contribution in [3.8, 4) is 11.4 Å². The molecule has 3 amide bonds. The Labute approximate surface area is 244 Å². The summed E-state index contributed by atoms with van der Waals surface area (Å²) in [5.41, 5.74) is 0.713. The van der Waals surface area contributed by atoms with Gasteiger partial charge >= 0.3 is 13.7 Å². The molecule has 2 aliphatic heterocycles. The average molecular weight is 605 g/mol. The minimum absolute atomic E-state index is 0.0147. The third-order valence-corrected chi connectivity index (χ3v) is 8.05. The van der Waals surface area contributed by atoms with Crippen LogP contribution in [0, 0.1) is 0 Å². The smallest absolute Gasteiger partial charge is 0.409 e. The summed E-state index contributed by atoms with van der Waals surface area (Å²) >= 11 is 0. The topological polar surface area (TPSA) is 175 Å². The van der Waals surface area contributed by atoms with Gasteiger partial charge in [0, 0.05) is 58.0 Å². The summed E-state index contributed by atoms with van der Waals surface area (Å²) in [4.78, 5) is 72.2. The molecule has 1 aromatic heterocycles. The molecule has 3 N–H and O–H groups in total. The van der Waals surface area contributed by atoms with E-state index in [9.17, 15) is 28.7 Å². The minimum Gasteiger partial charge on any atom is -0.450 e. The zero-order valence-corrected chi connectivity index (χ0v) is 24.6. The van der Waals surface area contributed by atoms with E-state index in [-0.39, 0.29) is 51.0 Å². The zero-order chi connectivity index (χ0) is 30.3. The third kappa shape index (κ3) is 8.25. The Morgan fingerprint density at radius 2 is 1.76 bits per heavy atom.